The first-order chi connectivity index (χ1) is 7.65. The zero-order valence-electron chi connectivity index (χ0n) is 9.46. The summed E-state index contributed by atoms with van der Waals surface area (Å²) in [5.74, 6) is 1.60. The monoisotopic (exact) mass is 242 g/mol. The van der Waals surface area contributed by atoms with E-state index in [-0.39, 0.29) is 5.24 Å². The lowest BCUT2D eigenvalue weighted by atomic mass is 10.1. The molecule has 0 heterocycles. The van der Waals surface area contributed by atoms with Crippen LogP contribution in [0.5, 0.6) is 0 Å². The van der Waals surface area contributed by atoms with E-state index in [4.69, 9.17) is 21.1 Å². The Morgan fingerprint density at radius 1 is 1.38 bits per heavy atom. The molecule has 1 aliphatic rings. The van der Waals surface area contributed by atoms with Gasteiger partial charge < -0.3 is 9.47 Å². The Hall–Kier alpha value is -1.22. The molecular weight excluding hydrogens is 228 g/mol. The number of methoxy groups -OCH3 is 2. The van der Waals surface area contributed by atoms with Gasteiger partial charge in [0.2, 0.25) is 5.24 Å². The van der Waals surface area contributed by atoms with E-state index in [1.54, 1.807) is 14.2 Å². The van der Waals surface area contributed by atoms with E-state index in [0.717, 1.165) is 17.1 Å². The predicted octanol–water partition coefficient (Wildman–Crippen LogP) is 2.92. The van der Waals surface area contributed by atoms with Crippen molar-refractivity contribution in [3.05, 3.63) is 35.3 Å². The number of hydrogen-bond acceptors (Lipinski definition) is 3. The van der Waals surface area contributed by atoms with Crippen LogP contribution in [0.15, 0.2) is 35.3 Å². The zero-order valence-corrected chi connectivity index (χ0v) is 10.2. The van der Waals surface area contributed by atoms with Crippen molar-refractivity contribution < 1.29 is 14.3 Å². The lowest BCUT2D eigenvalue weighted by Crippen LogP contribution is -1.94. The maximum absolute atomic E-state index is 10.7. The van der Waals surface area contributed by atoms with Gasteiger partial charge in [-0.1, -0.05) is 5.57 Å². The summed E-state index contributed by atoms with van der Waals surface area (Å²) in [6, 6.07) is 0. The van der Waals surface area contributed by atoms with Crippen molar-refractivity contribution in [2.75, 3.05) is 14.2 Å². The number of halogens is 1. The highest BCUT2D eigenvalue weighted by Crippen LogP contribution is 2.22. The summed E-state index contributed by atoms with van der Waals surface area (Å²) in [7, 11) is 3.24. The normalized spacial score (nSPS) is 15.6. The zero-order chi connectivity index (χ0) is 12.0. The van der Waals surface area contributed by atoms with Gasteiger partial charge in [0.25, 0.3) is 0 Å². The van der Waals surface area contributed by atoms with Crippen molar-refractivity contribution in [3.8, 4) is 0 Å². The number of rotatable bonds is 5. The van der Waals surface area contributed by atoms with E-state index < -0.39 is 0 Å². The van der Waals surface area contributed by atoms with Gasteiger partial charge in [-0.2, -0.15) is 0 Å². The molecule has 0 radical (unpaired) electrons. The Morgan fingerprint density at radius 2 is 2.12 bits per heavy atom. The molecule has 3 nitrogen and oxygen atoms in total. The molecular formula is C12H15ClO3. The van der Waals surface area contributed by atoms with Gasteiger partial charge in [-0.15, -0.1) is 0 Å². The molecule has 0 spiro atoms. The second-order valence-electron chi connectivity index (χ2n) is 3.44. The molecule has 0 unspecified atom stereocenters. The van der Waals surface area contributed by atoms with Gasteiger partial charge in [0, 0.05) is 12.8 Å². The standard InChI is InChI=1S/C12H15ClO3/c1-15-10-4-5-11(16-2)8-9(7-10)3-6-12(13)14/h4-5,7H,3,6,8H2,1-2H3. The summed E-state index contributed by atoms with van der Waals surface area (Å²) in [5.41, 5.74) is 1.08. The summed E-state index contributed by atoms with van der Waals surface area (Å²) < 4.78 is 10.4. The molecule has 0 amide bonds. The molecule has 4 heteroatoms. The number of carbonyl (C=O) groups is 1. The van der Waals surface area contributed by atoms with E-state index in [2.05, 4.69) is 0 Å². The minimum Gasteiger partial charge on any atom is -0.501 e. The fourth-order valence-electron chi connectivity index (χ4n) is 1.44. The van der Waals surface area contributed by atoms with Crippen LogP contribution < -0.4 is 0 Å². The third kappa shape index (κ3) is 4.11. The van der Waals surface area contributed by atoms with Crippen molar-refractivity contribution in [1.82, 2.24) is 0 Å². The molecule has 16 heavy (non-hydrogen) atoms. The van der Waals surface area contributed by atoms with Crippen LogP contribution >= 0.6 is 11.6 Å². The van der Waals surface area contributed by atoms with Crippen LogP contribution in [-0.2, 0) is 14.3 Å². The van der Waals surface area contributed by atoms with Gasteiger partial charge in [0.15, 0.2) is 0 Å². The molecule has 0 aromatic heterocycles. The average molecular weight is 243 g/mol. The van der Waals surface area contributed by atoms with Gasteiger partial charge in [0.05, 0.1) is 20.0 Å². The third-order valence-corrected chi connectivity index (χ3v) is 2.51. The Bertz CT molecular complexity index is 353. The molecule has 0 bridgehead atoms. The quantitative estimate of drug-likeness (QED) is 0.696. The van der Waals surface area contributed by atoms with Gasteiger partial charge in [0.1, 0.15) is 5.76 Å². The molecule has 0 saturated heterocycles. The number of allylic oxidation sites excluding steroid dienone is 4. The number of carbonyl (C=O) groups excluding carboxylic acids is 1. The van der Waals surface area contributed by atoms with E-state index in [9.17, 15) is 4.79 Å². The summed E-state index contributed by atoms with van der Waals surface area (Å²) in [4.78, 5) is 10.7. The highest BCUT2D eigenvalue weighted by Gasteiger charge is 2.09. The summed E-state index contributed by atoms with van der Waals surface area (Å²) >= 11 is 5.32. The van der Waals surface area contributed by atoms with Gasteiger partial charge in [-0.05, 0) is 36.2 Å². The second-order valence-corrected chi connectivity index (χ2v) is 3.87. The summed E-state index contributed by atoms with van der Waals surface area (Å²) in [6.07, 6.45) is 7.27. The third-order valence-electron chi connectivity index (χ3n) is 2.32. The number of hydrogen-bond donors (Lipinski definition) is 0. The topological polar surface area (TPSA) is 35.5 Å². The van der Waals surface area contributed by atoms with Crippen LogP contribution in [0.4, 0.5) is 0 Å². The van der Waals surface area contributed by atoms with Crippen LogP contribution in [0.1, 0.15) is 19.3 Å². The molecule has 1 rings (SSSR count). The second kappa shape index (κ2) is 6.38. The van der Waals surface area contributed by atoms with Crippen molar-refractivity contribution >= 4 is 16.8 Å². The van der Waals surface area contributed by atoms with Crippen LogP contribution in [0, 0.1) is 0 Å². The molecule has 0 aliphatic heterocycles. The summed E-state index contributed by atoms with van der Waals surface area (Å²) in [6.45, 7) is 0. The van der Waals surface area contributed by atoms with Gasteiger partial charge in [-0.25, -0.2) is 0 Å². The Kier molecular flexibility index (Phi) is 5.12. The molecule has 88 valence electrons. The van der Waals surface area contributed by atoms with Crippen LogP contribution in [0.25, 0.3) is 0 Å². The van der Waals surface area contributed by atoms with Crippen LogP contribution in [0.3, 0.4) is 0 Å². The fourth-order valence-corrected chi connectivity index (χ4v) is 1.54. The molecule has 0 fully saturated rings. The largest absolute Gasteiger partial charge is 0.501 e. The smallest absolute Gasteiger partial charge is 0.221 e. The van der Waals surface area contributed by atoms with Crippen molar-refractivity contribution in [1.29, 1.82) is 0 Å². The molecule has 0 aromatic carbocycles. The average Bonchev–Trinajstić information content (AvgIpc) is 2.48. The molecule has 1 aliphatic carbocycles. The van der Waals surface area contributed by atoms with Crippen LogP contribution in [-0.4, -0.2) is 19.5 Å². The van der Waals surface area contributed by atoms with Gasteiger partial charge in [-0.3, -0.25) is 4.79 Å². The highest BCUT2D eigenvalue weighted by atomic mass is 35.5. The Balaban J connectivity index is 2.75. The molecule has 0 saturated carbocycles. The first-order valence-corrected chi connectivity index (χ1v) is 5.40. The Morgan fingerprint density at radius 3 is 2.69 bits per heavy atom. The van der Waals surface area contributed by atoms with E-state index in [1.165, 1.54) is 0 Å². The molecule has 0 aromatic rings. The van der Waals surface area contributed by atoms with E-state index in [1.807, 2.05) is 18.2 Å². The van der Waals surface area contributed by atoms with Crippen molar-refractivity contribution in [2.45, 2.75) is 19.3 Å². The maximum atomic E-state index is 10.7. The SMILES string of the molecule is COC1=CC=C(OC)CC(CCC(=O)Cl)=C1. The van der Waals surface area contributed by atoms with Crippen LogP contribution in [0.2, 0.25) is 0 Å². The number of ether oxygens (including phenoxy) is 2. The maximum Gasteiger partial charge on any atom is 0.221 e. The minimum absolute atomic E-state index is 0.323. The first kappa shape index (κ1) is 12.8. The molecule has 0 N–H and O–H groups in total. The van der Waals surface area contributed by atoms with Crippen molar-refractivity contribution in [3.63, 3.8) is 0 Å². The minimum atomic E-state index is -0.323. The summed E-state index contributed by atoms with van der Waals surface area (Å²) in [5, 5.41) is -0.323. The van der Waals surface area contributed by atoms with Gasteiger partial charge >= 0.3 is 0 Å². The van der Waals surface area contributed by atoms with E-state index in [0.29, 0.717) is 19.3 Å². The fraction of sp³-hybridized carbons (Fsp3) is 0.417. The van der Waals surface area contributed by atoms with Crippen molar-refractivity contribution in [2.24, 2.45) is 0 Å². The lowest BCUT2D eigenvalue weighted by molar-refractivity contribution is -0.111. The highest BCUT2D eigenvalue weighted by molar-refractivity contribution is 6.63. The first-order valence-electron chi connectivity index (χ1n) is 5.02. The lowest BCUT2D eigenvalue weighted by Gasteiger charge is -2.07. The Labute approximate surface area is 100 Å². The predicted molar refractivity (Wildman–Crippen MR) is 63.0 cm³/mol. The molecule has 0 atom stereocenters. The van der Waals surface area contributed by atoms with E-state index >= 15 is 0 Å².